The Bertz CT molecular complexity index is 650. The van der Waals surface area contributed by atoms with Gasteiger partial charge < -0.3 is 15.1 Å². The van der Waals surface area contributed by atoms with E-state index in [1.165, 1.54) is 6.07 Å². The first-order valence-electron chi connectivity index (χ1n) is 7.70. The van der Waals surface area contributed by atoms with Gasteiger partial charge in [-0.15, -0.1) is 0 Å². The Morgan fingerprint density at radius 2 is 2.09 bits per heavy atom. The Hall–Kier alpha value is -2.18. The predicted octanol–water partition coefficient (Wildman–Crippen LogP) is 1.65. The lowest BCUT2D eigenvalue weighted by atomic mass is 9.99. The lowest BCUT2D eigenvalue weighted by molar-refractivity contribution is -0.132. The maximum atomic E-state index is 13.7. The quantitative estimate of drug-likeness (QED) is 0.854. The number of likely N-dealkylation sites (tertiary alicyclic amines) is 1. The van der Waals surface area contributed by atoms with Gasteiger partial charge in [-0.25, -0.2) is 13.6 Å². The number of urea groups is 1. The second-order valence-corrected chi connectivity index (χ2v) is 6.16. The Kier molecular flexibility index (Phi) is 4.19. The first-order chi connectivity index (χ1) is 10.9. The van der Waals surface area contributed by atoms with Gasteiger partial charge in [0.1, 0.15) is 11.6 Å². The van der Waals surface area contributed by atoms with Crippen molar-refractivity contribution in [1.29, 1.82) is 0 Å². The topological polar surface area (TPSA) is 52.7 Å². The van der Waals surface area contributed by atoms with Gasteiger partial charge in [-0.05, 0) is 30.0 Å². The summed E-state index contributed by atoms with van der Waals surface area (Å²) < 4.78 is 27.1. The van der Waals surface area contributed by atoms with E-state index in [-0.39, 0.29) is 24.5 Å². The zero-order chi connectivity index (χ0) is 16.6. The summed E-state index contributed by atoms with van der Waals surface area (Å²) in [6.45, 7) is 1.07. The van der Waals surface area contributed by atoms with Crippen LogP contribution in [0.2, 0.25) is 0 Å². The smallest absolute Gasteiger partial charge is 0.317 e. The Labute approximate surface area is 133 Å². The van der Waals surface area contributed by atoms with Gasteiger partial charge in [0.2, 0.25) is 5.91 Å². The molecule has 0 radical (unpaired) electrons. The molecule has 3 rings (SSSR count). The molecule has 7 heteroatoms. The third-order valence-corrected chi connectivity index (χ3v) is 4.49. The number of nitrogens with one attached hydrogen (secondary N) is 1. The van der Waals surface area contributed by atoms with E-state index in [2.05, 4.69) is 5.32 Å². The molecule has 124 valence electrons. The minimum atomic E-state index is -0.629. The lowest BCUT2D eigenvalue weighted by Gasteiger charge is -2.34. The molecule has 1 atom stereocenters. The summed E-state index contributed by atoms with van der Waals surface area (Å²) in [4.78, 5) is 27.0. The van der Waals surface area contributed by atoms with Crippen molar-refractivity contribution in [2.75, 3.05) is 20.1 Å². The molecular weight excluding hydrogens is 304 g/mol. The number of piperidine rings is 1. The average Bonchev–Trinajstić information content (AvgIpc) is 2.50. The van der Waals surface area contributed by atoms with Gasteiger partial charge in [-0.1, -0.05) is 0 Å². The van der Waals surface area contributed by atoms with Crippen molar-refractivity contribution >= 4 is 11.9 Å². The third kappa shape index (κ3) is 3.28. The Balaban J connectivity index is 1.64. The van der Waals surface area contributed by atoms with E-state index in [9.17, 15) is 18.4 Å². The third-order valence-electron chi connectivity index (χ3n) is 4.49. The fourth-order valence-electron chi connectivity index (χ4n) is 3.18. The zero-order valence-corrected chi connectivity index (χ0v) is 12.9. The molecule has 2 aliphatic rings. The molecular formula is C16H19F2N3O2. The van der Waals surface area contributed by atoms with Crippen LogP contribution in [0.3, 0.4) is 0 Å². The van der Waals surface area contributed by atoms with Crippen molar-refractivity contribution in [3.8, 4) is 0 Å². The summed E-state index contributed by atoms with van der Waals surface area (Å²) in [5, 5.41) is 2.91. The summed E-state index contributed by atoms with van der Waals surface area (Å²) in [7, 11) is 1.71. The van der Waals surface area contributed by atoms with Crippen LogP contribution in [0.25, 0.3) is 0 Å². The van der Waals surface area contributed by atoms with Crippen molar-refractivity contribution in [2.45, 2.75) is 31.8 Å². The summed E-state index contributed by atoms with van der Waals surface area (Å²) in [5.74, 6) is -1.10. The highest BCUT2D eigenvalue weighted by Crippen LogP contribution is 2.23. The molecule has 1 fully saturated rings. The summed E-state index contributed by atoms with van der Waals surface area (Å²) in [5.41, 5.74) is 0.998. The second kappa shape index (κ2) is 6.14. The number of fused-ring (bicyclic) bond motifs is 1. The van der Waals surface area contributed by atoms with Crippen molar-refractivity contribution in [3.05, 3.63) is 34.9 Å². The van der Waals surface area contributed by atoms with Crippen LogP contribution in [-0.4, -0.2) is 47.9 Å². The molecule has 2 aliphatic heterocycles. The molecule has 1 N–H and O–H groups in total. The van der Waals surface area contributed by atoms with Gasteiger partial charge in [-0.2, -0.15) is 0 Å². The van der Waals surface area contributed by atoms with Crippen molar-refractivity contribution < 1.29 is 18.4 Å². The number of carbonyl (C=O) groups is 2. The number of carbonyl (C=O) groups excluding carboxylic acids is 2. The molecule has 0 bridgehead atoms. The molecule has 2 heterocycles. The van der Waals surface area contributed by atoms with Crippen LogP contribution in [0.5, 0.6) is 0 Å². The first-order valence-corrected chi connectivity index (χ1v) is 7.70. The van der Waals surface area contributed by atoms with Gasteiger partial charge in [-0.3, -0.25) is 4.79 Å². The van der Waals surface area contributed by atoms with E-state index in [1.807, 2.05) is 0 Å². The standard InChI is InChI=1S/C16H19F2N3O2/c1-20-9-12(2-3-15(20)22)19-16(23)21-5-4-13-10(8-21)6-11(17)7-14(13)18/h6-7,12H,2-5,8-9H2,1H3,(H,19,23)/t12-/m0/s1. The largest absolute Gasteiger partial charge is 0.344 e. The predicted molar refractivity (Wildman–Crippen MR) is 79.7 cm³/mol. The van der Waals surface area contributed by atoms with Crippen LogP contribution in [0, 0.1) is 11.6 Å². The van der Waals surface area contributed by atoms with Gasteiger partial charge >= 0.3 is 6.03 Å². The summed E-state index contributed by atoms with van der Waals surface area (Å²) in [6, 6.07) is 1.82. The molecule has 0 aromatic heterocycles. The van der Waals surface area contributed by atoms with Crippen molar-refractivity contribution in [1.82, 2.24) is 15.1 Å². The van der Waals surface area contributed by atoms with Crippen LogP contribution < -0.4 is 5.32 Å². The highest BCUT2D eigenvalue weighted by atomic mass is 19.1. The molecule has 1 aromatic rings. The Morgan fingerprint density at radius 1 is 1.30 bits per heavy atom. The van der Waals surface area contributed by atoms with E-state index in [4.69, 9.17) is 0 Å². The van der Waals surface area contributed by atoms with Crippen LogP contribution in [0.1, 0.15) is 24.0 Å². The molecule has 23 heavy (non-hydrogen) atoms. The highest BCUT2D eigenvalue weighted by Gasteiger charge is 2.28. The minimum absolute atomic E-state index is 0.0772. The fourth-order valence-corrected chi connectivity index (χ4v) is 3.18. The van der Waals surface area contributed by atoms with Crippen molar-refractivity contribution in [2.24, 2.45) is 0 Å². The molecule has 0 saturated carbocycles. The van der Waals surface area contributed by atoms with Gasteiger partial charge in [0.25, 0.3) is 0 Å². The Morgan fingerprint density at radius 3 is 2.83 bits per heavy atom. The maximum absolute atomic E-state index is 13.7. The minimum Gasteiger partial charge on any atom is -0.344 e. The van der Waals surface area contributed by atoms with Crippen molar-refractivity contribution in [3.63, 3.8) is 0 Å². The van der Waals surface area contributed by atoms with Crippen LogP contribution >= 0.6 is 0 Å². The maximum Gasteiger partial charge on any atom is 0.317 e. The van der Waals surface area contributed by atoms with Crippen LogP contribution in [0.4, 0.5) is 13.6 Å². The summed E-state index contributed by atoms with van der Waals surface area (Å²) in [6.07, 6.45) is 1.40. The zero-order valence-electron chi connectivity index (χ0n) is 12.9. The molecule has 1 saturated heterocycles. The lowest BCUT2D eigenvalue weighted by Crippen LogP contribution is -2.52. The number of likely N-dealkylation sites (N-methyl/N-ethyl adjacent to an activating group) is 1. The molecule has 1 aromatic carbocycles. The number of hydrogen-bond donors (Lipinski definition) is 1. The highest BCUT2D eigenvalue weighted by molar-refractivity contribution is 5.78. The molecule has 0 aliphatic carbocycles. The first kappa shape index (κ1) is 15.7. The van der Waals surface area contributed by atoms with Gasteiger partial charge in [0.05, 0.1) is 0 Å². The fraction of sp³-hybridized carbons (Fsp3) is 0.500. The summed E-state index contributed by atoms with van der Waals surface area (Å²) >= 11 is 0. The SMILES string of the molecule is CN1C[C@@H](NC(=O)N2CCc3c(F)cc(F)cc3C2)CCC1=O. The second-order valence-electron chi connectivity index (χ2n) is 6.16. The van der Waals surface area contributed by atoms with E-state index in [0.29, 0.717) is 43.5 Å². The number of halogens is 2. The van der Waals surface area contributed by atoms with E-state index >= 15 is 0 Å². The molecule has 0 spiro atoms. The van der Waals surface area contributed by atoms with E-state index < -0.39 is 11.6 Å². The van der Waals surface area contributed by atoms with Gasteiger partial charge in [0.15, 0.2) is 0 Å². The van der Waals surface area contributed by atoms with E-state index in [0.717, 1.165) is 6.07 Å². The number of benzene rings is 1. The van der Waals surface area contributed by atoms with Crippen LogP contribution in [0.15, 0.2) is 12.1 Å². The number of rotatable bonds is 1. The normalized spacial score (nSPS) is 21.2. The van der Waals surface area contributed by atoms with Crippen LogP contribution in [-0.2, 0) is 17.8 Å². The molecule has 3 amide bonds. The van der Waals surface area contributed by atoms with E-state index in [1.54, 1.807) is 16.8 Å². The monoisotopic (exact) mass is 323 g/mol. The molecule has 0 unspecified atom stereocenters. The number of amides is 3. The average molecular weight is 323 g/mol. The number of nitrogens with zero attached hydrogens (tertiary/aromatic N) is 2. The van der Waals surface area contributed by atoms with Gasteiger partial charge in [0, 0.05) is 45.2 Å². The molecule has 5 nitrogen and oxygen atoms in total. The number of hydrogen-bond acceptors (Lipinski definition) is 2.